The molecule has 94 valence electrons. The molecule has 2 heteroatoms. The van der Waals surface area contributed by atoms with Gasteiger partial charge in [-0.25, -0.2) is 4.79 Å². The highest BCUT2D eigenvalue weighted by molar-refractivity contribution is 5.88. The van der Waals surface area contributed by atoms with Crippen molar-refractivity contribution < 1.29 is 9.53 Å². The van der Waals surface area contributed by atoms with E-state index in [4.69, 9.17) is 4.74 Å². The van der Waals surface area contributed by atoms with Gasteiger partial charge in [-0.05, 0) is 39.0 Å². The van der Waals surface area contributed by atoms with Gasteiger partial charge in [0.25, 0.3) is 0 Å². The minimum atomic E-state index is -0.167. The molecule has 0 amide bonds. The van der Waals surface area contributed by atoms with Gasteiger partial charge in [0.1, 0.15) is 0 Å². The van der Waals surface area contributed by atoms with Crippen molar-refractivity contribution in [3.63, 3.8) is 0 Å². The summed E-state index contributed by atoms with van der Waals surface area (Å²) in [5.74, 6) is 0.806. The summed E-state index contributed by atoms with van der Waals surface area (Å²) in [7, 11) is 0. The van der Waals surface area contributed by atoms with Gasteiger partial charge >= 0.3 is 5.97 Å². The quantitative estimate of drug-likeness (QED) is 0.524. The SMILES string of the molecule is CC(C(=O)OC(C)C)=C(CC(C)C)C(C)C. The van der Waals surface area contributed by atoms with Crippen molar-refractivity contribution in [2.75, 3.05) is 0 Å². The van der Waals surface area contributed by atoms with E-state index in [1.807, 2.05) is 20.8 Å². The molecule has 0 aliphatic carbocycles. The van der Waals surface area contributed by atoms with E-state index in [2.05, 4.69) is 27.7 Å². The van der Waals surface area contributed by atoms with Crippen LogP contribution in [-0.4, -0.2) is 12.1 Å². The third-order valence-electron chi connectivity index (χ3n) is 2.46. The zero-order valence-electron chi connectivity index (χ0n) is 11.8. The van der Waals surface area contributed by atoms with Gasteiger partial charge < -0.3 is 4.74 Å². The molecular formula is C14H26O2. The van der Waals surface area contributed by atoms with Crippen LogP contribution in [0, 0.1) is 11.8 Å². The summed E-state index contributed by atoms with van der Waals surface area (Å²) < 4.78 is 5.23. The molecule has 0 aromatic heterocycles. The second-order valence-electron chi connectivity index (χ2n) is 5.36. The number of ether oxygens (including phenoxy) is 1. The number of carbonyl (C=O) groups excluding carboxylic acids is 1. The standard InChI is InChI=1S/C14H26O2/c1-9(2)8-13(10(3)4)12(7)14(15)16-11(5)6/h9-11H,8H2,1-7H3. The average molecular weight is 226 g/mol. The van der Waals surface area contributed by atoms with Crippen LogP contribution < -0.4 is 0 Å². The molecule has 0 rings (SSSR count). The van der Waals surface area contributed by atoms with Crippen LogP contribution in [-0.2, 0) is 9.53 Å². The Bertz CT molecular complexity index is 260. The first-order valence-electron chi connectivity index (χ1n) is 6.16. The van der Waals surface area contributed by atoms with Crippen LogP contribution in [0.3, 0.4) is 0 Å². The smallest absolute Gasteiger partial charge is 0.333 e. The Kier molecular flexibility index (Phi) is 6.39. The predicted octanol–water partition coefficient (Wildman–Crippen LogP) is 3.96. The van der Waals surface area contributed by atoms with E-state index in [0.29, 0.717) is 11.8 Å². The number of esters is 1. The maximum Gasteiger partial charge on any atom is 0.333 e. The molecule has 0 saturated carbocycles. The van der Waals surface area contributed by atoms with Gasteiger partial charge in [0.05, 0.1) is 6.10 Å². The van der Waals surface area contributed by atoms with E-state index in [-0.39, 0.29) is 12.1 Å². The highest BCUT2D eigenvalue weighted by Crippen LogP contribution is 2.23. The summed E-state index contributed by atoms with van der Waals surface area (Å²) in [5.41, 5.74) is 2.01. The molecule has 0 aromatic rings. The van der Waals surface area contributed by atoms with Crippen molar-refractivity contribution in [1.29, 1.82) is 0 Å². The zero-order chi connectivity index (χ0) is 12.9. The largest absolute Gasteiger partial charge is 0.460 e. The minimum Gasteiger partial charge on any atom is -0.460 e. The van der Waals surface area contributed by atoms with Gasteiger partial charge in [-0.15, -0.1) is 0 Å². The van der Waals surface area contributed by atoms with Gasteiger partial charge in [-0.3, -0.25) is 0 Å². The molecule has 16 heavy (non-hydrogen) atoms. The van der Waals surface area contributed by atoms with Gasteiger partial charge in [-0.2, -0.15) is 0 Å². The summed E-state index contributed by atoms with van der Waals surface area (Å²) in [4.78, 5) is 11.8. The van der Waals surface area contributed by atoms with Crippen LogP contribution in [0.15, 0.2) is 11.1 Å². The molecule has 0 aliphatic heterocycles. The second-order valence-corrected chi connectivity index (χ2v) is 5.36. The van der Waals surface area contributed by atoms with Gasteiger partial charge in [-0.1, -0.05) is 33.3 Å². The number of hydrogen-bond acceptors (Lipinski definition) is 2. The van der Waals surface area contributed by atoms with E-state index in [9.17, 15) is 4.79 Å². The monoisotopic (exact) mass is 226 g/mol. The molecule has 0 unspecified atom stereocenters. The van der Waals surface area contributed by atoms with E-state index >= 15 is 0 Å². The van der Waals surface area contributed by atoms with E-state index in [1.165, 1.54) is 5.57 Å². The molecule has 0 aromatic carbocycles. The predicted molar refractivity (Wildman–Crippen MR) is 68.2 cm³/mol. The van der Waals surface area contributed by atoms with Crippen molar-refractivity contribution in [3.05, 3.63) is 11.1 Å². The summed E-state index contributed by atoms with van der Waals surface area (Å²) in [6.07, 6.45) is 0.923. The Labute approximate surface area is 100 Å². The van der Waals surface area contributed by atoms with Crippen LogP contribution >= 0.6 is 0 Å². The lowest BCUT2D eigenvalue weighted by Crippen LogP contribution is -2.15. The fraction of sp³-hybridized carbons (Fsp3) is 0.786. The summed E-state index contributed by atoms with van der Waals surface area (Å²) in [6, 6.07) is 0. The first-order chi connectivity index (χ1) is 7.25. The zero-order valence-corrected chi connectivity index (χ0v) is 11.8. The molecule has 2 nitrogen and oxygen atoms in total. The van der Waals surface area contributed by atoms with E-state index in [1.54, 1.807) is 0 Å². The molecule has 0 saturated heterocycles. The lowest BCUT2D eigenvalue weighted by atomic mass is 9.90. The third-order valence-corrected chi connectivity index (χ3v) is 2.46. The first kappa shape index (κ1) is 15.2. The Balaban J connectivity index is 4.88. The Hall–Kier alpha value is -0.790. The highest BCUT2D eigenvalue weighted by Gasteiger charge is 2.16. The fourth-order valence-electron chi connectivity index (χ4n) is 1.70. The molecule has 0 fully saturated rings. The minimum absolute atomic E-state index is 0.0464. The van der Waals surface area contributed by atoms with Crippen LogP contribution in [0.25, 0.3) is 0 Å². The first-order valence-corrected chi connectivity index (χ1v) is 6.16. The Morgan fingerprint density at radius 3 is 1.88 bits per heavy atom. The van der Waals surface area contributed by atoms with Crippen molar-refractivity contribution in [3.8, 4) is 0 Å². The van der Waals surface area contributed by atoms with Crippen molar-refractivity contribution in [2.24, 2.45) is 11.8 Å². The molecular weight excluding hydrogens is 200 g/mol. The van der Waals surface area contributed by atoms with E-state index in [0.717, 1.165) is 12.0 Å². The van der Waals surface area contributed by atoms with Crippen molar-refractivity contribution in [2.45, 2.75) is 61.0 Å². The van der Waals surface area contributed by atoms with E-state index < -0.39 is 0 Å². The molecule has 0 heterocycles. The van der Waals surface area contributed by atoms with Crippen LogP contribution in [0.2, 0.25) is 0 Å². The maximum atomic E-state index is 11.8. The van der Waals surface area contributed by atoms with Crippen LogP contribution in [0.4, 0.5) is 0 Å². The van der Waals surface area contributed by atoms with Crippen LogP contribution in [0.1, 0.15) is 54.9 Å². The second kappa shape index (κ2) is 6.72. The Morgan fingerprint density at radius 1 is 1.06 bits per heavy atom. The third kappa shape index (κ3) is 5.34. The average Bonchev–Trinajstić information content (AvgIpc) is 2.11. The van der Waals surface area contributed by atoms with Crippen LogP contribution in [0.5, 0.6) is 0 Å². The van der Waals surface area contributed by atoms with Gasteiger partial charge in [0, 0.05) is 5.57 Å². The topological polar surface area (TPSA) is 26.3 Å². The van der Waals surface area contributed by atoms with Crippen molar-refractivity contribution in [1.82, 2.24) is 0 Å². The summed E-state index contributed by atoms with van der Waals surface area (Å²) in [6.45, 7) is 14.2. The molecule has 0 spiro atoms. The molecule has 0 atom stereocenters. The molecule has 0 bridgehead atoms. The number of hydrogen-bond donors (Lipinski definition) is 0. The van der Waals surface area contributed by atoms with Gasteiger partial charge in [0.15, 0.2) is 0 Å². The molecule has 0 N–H and O–H groups in total. The summed E-state index contributed by atoms with van der Waals surface area (Å²) >= 11 is 0. The van der Waals surface area contributed by atoms with Crippen molar-refractivity contribution >= 4 is 5.97 Å². The fourth-order valence-corrected chi connectivity index (χ4v) is 1.70. The lowest BCUT2D eigenvalue weighted by molar-refractivity contribution is -0.142. The maximum absolute atomic E-state index is 11.8. The number of rotatable bonds is 5. The normalized spacial score (nSPS) is 13.4. The highest BCUT2D eigenvalue weighted by atomic mass is 16.5. The number of carbonyl (C=O) groups is 1. The number of allylic oxidation sites excluding steroid dienone is 1. The molecule has 0 radical (unpaired) electrons. The Morgan fingerprint density at radius 2 is 1.56 bits per heavy atom. The lowest BCUT2D eigenvalue weighted by Gasteiger charge is -2.18. The molecule has 0 aliphatic rings. The van der Waals surface area contributed by atoms with Gasteiger partial charge in [0.2, 0.25) is 0 Å². The summed E-state index contributed by atoms with van der Waals surface area (Å²) in [5, 5.41) is 0.